The first-order valence-electron chi connectivity index (χ1n) is 8.46. The van der Waals surface area contributed by atoms with Gasteiger partial charge in [0.15, 0.2) is 5.96 Å². The summed E-state index contributed by atoms with van der Waals surface area (Å²) in [4.78, 5) is 12.9. The maximum Gasteiger partial charge on any atom is 0.191 e. The van der Waals surface area contributed by atoms with Crippen molar-refractivity contribution in [2.75, 3.05) is 26.2 Å². The van der Waals surface area contributed by atoms with Crippen LogP contribution in [0.1, 0.15) is 43.5 Å². The van der Waals surface area contributed by atoms with Gasteiger partial charge in [-0.2, -0.15) is 0 Å². The molecule has 0 amide bonds. The molecule has 7 heteroatoms. The van der Waals surface area contributed by atoms with Crippen molar-refractivity contribution < 1.29 is 0 Å². The number of aryl methyl sites for hydroxylation is 1. The summed E-state index contributed by atoms with van der Waals surface area (Å²) in [5.74, 6) is 0.891. The van der Waals surface area contributed by atoms with E-state index in [1.165, 1.54) is 17.7 Å². The molecule has 132 valence electrons. The van der Waals surface area contributed by atoms with Gasteiger partial charge in [-0.25, -0.2) is 9.98 Å². The van der Waals surface area contributed by atoms with Gasteiger partial charge in [0.2, 0.25) is 0 Å². The van der Waals surface area contributed by atoms with E-state index in [9.17, 15) is 0 Å². The van der Waals surface area contributed by atoms with Gasteiger partial charge in [0.05, 0.1) is 6.54 Å². The average molecular weight is 451 g/mol. The Morgan fingerprint density at radius 1 is 1.35 bits per heavy atom. The van der Waals surface area contributed by atoms with Gasteiger partial charge in [-0.1, -0.05) is 13.8 Å². The number of nitrogens with one attached hydrogen (secondary N) is 2. The van der Waals surface area contributed by atoms with Crippen molar-refractivity contribution in [1.29, 1.82) is 0 Å². The molecule has 0 aromatic carbocycles. The van der Waals surface area contributed by atoms with Crippen molar-refractivity contribution in [3.8, 4) is 0 Å². The van der Waals surface area contributed by atoms with E-state index in [4.69, 9.17) is 0 Å². The van der Waals surface area contributed by atoms with Gasteiger partial charge in [-0.05, 0) is 32.7 Å². The molecule has 1 aromatic heterocycles. The highest BCUT2D eigenvalue weighted by molar-refractivity contribution is 14.0. The molecule has 1 heterocycles. The largest absolute Gasteiger partial charge is 0.357 e. The third kappa shape index (κ3) is 7.34. The maximum atomic E-state index is 4.64. The van der Waals surface area contributed by atoms with Gasteiger partial charge < -0.3 is 10.6 Å². The van der Waals surface area contributed by atoms with E-state index in [2.05, 4.69) is 46.3 Å². The number of thiazole rings is 1. The molecule has 1 aromatic rings. The van der Waals surface area contributed by atoms with Crippen LogP contribution in [0.3, 0.4) is 0 Å². The van der Waals surface area contributed by atoms with Gasteiger partial charge in [0.1, 0.15) is 5.01 Å². The maximum absolute atomic E-state index is 4.64. The van der Waals surface area contributed by atoms with Crippen molar-refractivity contribution in [3.05, 3.63) is 16.1 Å². The van der Waals surface area contributed by atoms with Gasteiger partial charge in [0.25, 0.3) is 0 Å². The Kier molecular flexibility index (Phi) is 10.0. The third-order valence-corrected chi connectivity index (χ3v) is 4.95. The fraction of sp³-hybridized carbons (Fsp3) is 0.750. The van der Waals surface area contributed by atoms with E-state index in [-0.39, 0.29) is 24.0 Å². The molecule has 0 atom stereocenters. The monoisotopic (exact) mass is 451 g/mol. The fourth-order valence-electron chi connectivity index (χ4n) is 2.43. The Hall–Kier alpha value is -0.410. The summed E-state index contributed by atoms with van der Waals surface area (Å²) in [5.41, 5.74) is 0. The van der Waals surface area contributed by atoms with Crippen molar-refractivity contribution in [2.24, 2.45) is 4.99 Å². The molecule has 23 heavy (non-hydrogen) atoms. The fourth-order valence-corrected chi connectivity index (χ4v) is 3.22. The Bertz CT molecular complexity index is 473. The summed E-state index contributed by atoms with van der Waals surface area (Å²) < 4.78 is 0. The lowest BCUT2D eigenvalue weighted by molar-refractivity contribution is 0.282. The van der Waals surface area contributed by atoms with Crippen LogP contribution in [0.5, 0.6) is 0 Å². The number of likely N-dealkylation sites (N-methyl/N-ethyl adjacent to an activating group) is 1. The van der Waals surface area contributed by atoms with Crippen LogP contribution >= 0.6 is 35.3 Å². The number of nitrogens with zero attached hydrogens (tertiary/aromatic N) is 3. The first-order valence-corrected chi connectivity index (χ1v) is 9.28. The Morgan fingerprint density at radius 3 is 2.70 bits per heavy atom. The highest BCUT2D eigenvalue weighted by Gasteiger charge is 2.27. The van der Waals surface area contributed by atoms with E-state index < -0.39 is 0 Å². The average Bonchev–Trinajstić information content (AvgIpc) is 3.27. The lowest BCUT2D eigenvalue weighted by Crippen LogP contribution is -2.42. The van der Waals surface area contributed by atoms with Crippen LogP contribution in [0.25, 0.3) is 0 Å². The molecule has 0 saturated heterocycles. The Labute approximate surface area is 161 Å². The van der Waals surface area contributed by atoms with E-state index >= 15 is 0 Å². The number of hydrogen-bond acceptors (Lipinski definition) is 4. The minimum Gasteiger partial charge on any atom is -0.357 e. The number of hydrogen-bond donors (Lipinski definition) is 2. The van der Waals surface area contributed by atoms with Crippen LogP contribution in [0.2, 0.25) is 0 Å². The standard InChI is InChI=1S/C16H29N5S.HI/c1-4-14-11-19-15(22-14)12-20-16(17-5-2)18-9-10-21(6-3)13-7-8-13;/h11,13H,4-10,12H2,1-3H3,(H2,17,18,20);1H. The normalized spacial score (nSPS) is 14.7. The lowest BCUT2D eigenvalue weighted by Gasteiger charge is -2.20. The summed E-state index contributed by atoms with van der Waals surface area (Å²) >= 11 is 1.76. The second-order valence-electron chi connectivity index (χ2n) is 5.56. The summed E-state index contributed by atoms with van der Waals surface area (Å²) in [6.07, 6.45) is 5.75. The van der Waals surface area contributed by atoms with Crippen molar-refractivity contribution in [1.82, 2.24) is 20.5 Å². The molecule has 1 aliphatic carbocycles. The lowest BCUT2D eigenvalue weighted by atomic mass is 10.4. The van der Waals surface area contributed by atoms with Crippen LogP contribution in [-0.4, -0.2) is 48.1 Å². The molecular formula is C16H30IN5S. The number of guanidine groups is 1. The Balaban J connectivity index is 0.00000264. The van der Waals surface area contributed by atoms with Crippen LogP contribution in [-0.2, 0) is 13.0 Å². The smallest absolute Gasteiger partial charge is 0.191 e. The van der Waals surface area contributed by atoms with Crippen molar-refractivity contribution >= 4 is 41.3 Å². The number of rotatable bonds is 9. The zero-order chi connectivity index (χ0) is 15.8. The minimum atomic E-state index is 0. The molecule has 0 radical (unpaired) electrons. The number of aliphatic imine (C=N–C) groups is 1. The summed E-state index contributed by atoms with van der Waals surface area (Å²) in [6.45, 7) is 11.2. The predicted molar refractivity (Wildman–Crippen MR) is 110 cm³/mol. The van der Waals surface area contributed by atoms with E-state index in [0.29, 0.717) is 6.54 Å². The molecule has 0 bridgehead atoms. The molecule has 1 saturated carbocycles. The van der Waals surface area contributed by atoms with Gasteiger partial charge in [-0.15, -0.1) is 35.3 Å². The molecule has 1 fully saturated rings. The summed E-state index contributed by atoms with van der Waals surface area (Å²) in [6, 6.07) is 0.828. The van der Waals surface area contributed by atoms with Crippen LogP contribution < -0.4 is 10.6 Å². The molecule has 1 aliphatic rings. The van der Waals surface area contributed by atoms with Gasteiger partial charge in [-0.3, -0.25) is 4.90 Å². The Morgan fingerprint density at radius 2 is 2.13 bits per heavy atom. The molecular weight excluding hydrogens is 421 g/mol. The topological polar surface area (TPSA) is 52.6 Å². The zero-order valence-electron chi connectivity index (χ0n) is 14.5. The number of aromatic nitrogens is 1. The molecule has 0 aliphatic heterocycles. The summed E-state index contributed by atoms with van der Waals surface area (Å²) in [5, 5.41) is 7.83. The van der Waals surface area contributed by atoms with Crippen LogP contribution in [0.4, 0.5) is 0 Å². The first-order chi connectivity index (χ1) is 10.8. The molecule has 0 spiro atoms. The molecule has 5 nitrogen and oxygen atoms in total. The predicted octanol–water partition coefficient (Wildman–Crippen LogP) is 2.86. The van der Waals surface area contributed by atoms with E-state index in [1.54, 1.807) is 11.3 Å². The van der Waals surface area contributed by atoms with Crippen molar-refractivity contribution in [2.45, 2.75) is 52.6 Å². The molecule has 0 unspecified atom stereocenters. The molecule has 2 N–H and O–H groups in total. The van der Waals surface area contributed by atoms with E-state index in [0.717, 1.165) is 49.6 Å². The molecule has 2 rings (SSSR count). The highest BCUT2D eigenvalue weighted by atomic mass is 127. The zero-order valence-corrected chi connectivity index (χ0v) is 17.6. The highest BCUT2D eigenvalue weighted by Crippen LogP contribution is 2.25. The third-order valence-electron chi connectivity index (χ3n) is 3.83. The number of halogens is 1. The van der Waals surface area contributed by atoms with E-state index in [1.807, 2.05) is 6.20 Å². The van der Waals surface area contributed by atoms with Crippen LogP contribution in [0, 0.1) is 0 Å². The van der Waals surface area contributed by atoms with Gasteiger partial charge >= 0.3 is 0 Å². The SMILES string of the molecule is CCNC(=NCc1ncc(CC)s1)NCCN(CC)C1CC1.I. The van der Waals surface area contributed by atoms with Crippen molar-refractivity contribution in [3.63, 3.8) is 0 Å². The summed E-state index contributed by atoms with van der Waals surface area (Å²) in [7, 11) is 0. The first kappa shape index (κ1) is 20.6. The quantitative estimate of drug-likeness (QED) is 0.345. The van der Waals surface area contributed by atoms with Gasteiger partial charge in [0, 0.05) is 36.8 Å². The minimum absolute atomic E-state index is 0. The van der Waals surface area contributed by atoms with Crippen LogP contribution in [0.15, 0.2) is 11.2 Å². The second-order valence-corrected chi connectivity index (χ2v) is 6.76. The second kappa shape index (κ2) is 11.2.